The molecule has 0 amide bonds. The van der Waals surface area contributed by atoms with Crippen LogP contribution in [0.1, 0.15) is 13.3 Å². The molecule has 10 heavy (non-hydrogen) atoms. The zero-order chi connectivity index (χ0) is 7.98. The van der Waals surface area contributed by atoms with E-state index in [-0.39, 0.29) is 0 Å². The van der Waals surface area contributed by atoms with Crippen molar-refractivity contribution in [1.82, 2.24) is 10.2 Å². The molecule has 0 rings (SSSR count). The van der Waals surface area contributed by atoms with E-state index in [1.54, 1.807) is 0 Å². The van der Waals surface area contributed by atoms with Crippen molar-refractivity contribution in [1.29, 1.82) is 5.26 Å². The number of rotatable bonds is 4. The molecule has 0 saturated carbocycles. The number of hydrogen-bond acceptors (Lipinski definition) is 3. The predicted octanol–water partition coefficient (Wildman–Crippen LogP) is 0.397. The summed E-state index contributed by atoms with van der Waals surface area (Å²) >= 11 is 0. The van der Waals surface area contributed by atoms with Crippen LogP contribution in [-0.2, 0) is 0 Å². The highest BCUT2D eigenvalue weighted by atomic mass is 15.1. The van der Waals surface area contributed by atoms with Gasteiger partial charge >= 0.3 is 0 Å². The fraction of sp³-hybridized carbons (Fsp3) is 0.857. The molecule has 3 heteroatoms. The molecule has 0 radical (unpaired) electrons. The molecule has 0 aromatic heterocycles. The fourth-order valence-corrected chi connectivity index (χ4v) is 0.856. The van der Waals surface area contributed by atoms with Gasteiger partial charge in [0.2, 0.25) is 0 Å². The van der Waals surface area contributed by atoms with Gasteiger partial charge in [-0.15, -0.1) is 0 Å². The minimum atomic E-state index is 0.472. The largest absolute Gasteiger partial charge is 0.322 e. The van der Waals surface area contributed by atoms with E-state index in [0.29, 0.717) is 6.04 Å². The fourth-order valence-electron chi connectivity index (χ4n) is 0.856. The van der Waals surface area contributed by atoms with Crippen LogP contribution in [0.5, 0.6) is 0 Å². The molecule has 0 aromatic carbocycles. The van der Waals surface area contributed by atoms with Gasteiger partial charge < -0.3 is 10.2 Å². The van der Waals surface area contributed by atoms with Crippen molar-refractivity contribution in [2.45, 2.75) is 19.4 Å². The molecule has 0 saturated heterocycles. The van der Waals surface area contributed by atoms with Gasteiger partial charge in [0, 0.05) is 12.6 Å². The first kappa shape index (κ1) is 9.25. The maximum atomic E-state index is 8.21. The topological polar surface area (TPSA) is 39.1 Å². The second-order valence-electron chi connectivity index (χ2n) is 2.52. The molecule has 1 N–H and O–H groups in total. The molecule has 1 atom stereocenters. The van der Waals surface area contributed by atoms with E-state index in [9.17, 15) is 0 Å². The van der Waals surface area contributed by atoms with Gasteiger partial charge in [-0.1, -0.05) is 6.92 Å². The lowest BCUT2D eigenvalue weighted by Crippen LogP contribution is -2.35. The minimum absolute atomic E-state index is 0.472. The third-order valence-electron chi connectivity index (χ3n) is 1.62. The van der Waals surface area contributed by atoms with Gasteiger partial charge in [-0.3, -0.25) is 0 Å². The van der Waals surface area contributed by atoms with E-state index < -0.39 is 0 Å². The van der Waals surface area contributed by atoms with Crippen LogP contribution < -0.4 is 5.32 Å². The summed E-state index contributed by atoms with van der Waals surface area (Å²) < 4.78 is 0. The zero-order valence-electron chi connectivity index (χ0n) is 6.89. The Kier molecular flexibility index (Phi) is 4.69. The lowest BCUT2D eigenvalue weighted by atomic mass is 10.2. The molecular formula is C7H15N3. The molecular weight excluding hydrogens is 126 g/mol. The molecule has 3 nitrogen and oxygen atoms in total. The highest BCUT2D eigenvalue weighted by Crippen LogP contribution is 1.95. The molecule has 0 aromatic rings. The summed E-state index contributed by atoms with van der Waals surface area (Å²) in [4.78, 5) is 2.12. The maximum absolute atomic E-state index is 8.21. The summed E-state index contributed by atoms with van der Waals surface area (Å²) in [6.07, 6.45) is 2.98. The van der Waals surface area contributed by atoms with Crippen LogP contribution in [0.3, 0.4) is 0 Å². The third-order valence-corrected chi connectivity index (χ3v) is 1.62. The van der Waals surface area contributed by atoms with Gasteiger partial charge in [-0.25, -0.2) is 0 Å². The molecule has 1 unspecified atom stereocenters. The van der Waals surface area contributed by atoms with Crippen LogP contribution in [0, 0.1) is 11.5 Å². The Bertz CT molecular complexity index is 115. The van der Waals surface area contributed by atoms with Gasteiger partial charge in [0.15, 0.2) is 6.19 Å². The Hall–Kier alpha value is -0.750. The lowest BCUT2D eigenvalue weighted by molar-refractivity contribution is 0.284. The number of likely N-dealkylation sites (N-methyl/N-ethyl adjacent to an activating group) is 1. The average Bonchev–Trinajstić information content (AvgIpc) is 1.89. The highest BCUT2D eigenvalue weighted by Gasteiger charge is 2.06. The molecule has 58 valence electrons. The highest BCUT2D eigenvalue weighted by molar-refractivity contribution is 4.73. The predicted molar refractivity (Wildman–Crippen MR) is 41.4 cm³/mol. The third kappa shape index (κ3) is 3.31. The van der Waals surface area contributed by atoms with Crippen LogP contribution in [0.15, 0.2) is 0 Å². The second kappa shape index (κ2) is 5.07. The second-order valence-corrected chi connectivity index (χ2v) is 2.52. The van der Waals surface area contributed by atoms with Gasteiger partial charge in [0.25, 0.3) is 0 Å². The molecule has 0 aliphatic heterocycles. The average molecular weight is 141 g/mol. The molecule has 0 bridgehead atoms. The van der Waals surface area contributed by atoms with Crippen LogP contribution in [0.2, 0.25) is 0 Å². The van der Waals surface area contributed by atoms with Crippen molar-refractivity contribution in [3.8, 4) is 6.19 Å². The molecule has 0 aliphatic carbocycles. The van der Waals surface area contributed by atoms with Crippen LogP contribution >= 0.6 is 0 Å². The van der Waals surface area contributed by atoms with E-state index in [2.05, 4.69) is 17.1 Å². The summed E-state index contributed by atoms with van der Waals surface area (Å²) in [5.74, 6) is 0. The summed E-state index contributed by atoms with van der Waals surface area (Å²) in [6.45, 7) is 2.86. The monoisotopic (exact) mass is 141 g/mol. The van der Waals surface area contributed by atoms with E-state index >= 15 is 0 Å². The van der Waals surface area contributed by atoms with Crippen LogP contribution in [0.25, 0.3) is 0 Å². The normalized spacial score (nSPS) is 12.7. The number of nitrogens with one attached hydrogen (secondary N) is 1. The Labute approximate surface area is 62.6 Å². The van der Waals surface area contributed by atoms with Crippen molar-refractivity contribution in [3.05, 3.63) is 0 Å². The molecule has 0 spiro atoms. The van der Waals surface area contributed by atoms with E-state index in [1.807, 2.05) is 20.3 Å². The lowest BCUT2D eigenvalue weighted by Gasteiger charge is -2.21. The molecule has 0 heterocycles. The Balaban J connectivity index is 3.52. The molecule has 0 aliphatic rings. The molecule has 0 fully saturated rings. The van der Waals surface area contributed by atoms with Crippen molar-refractivity contribution in [2.24, 2.45) is 0 Å². The van der Waals surface area contributed by atoms with E-state index in [4.69, 9.17) is 5.26 Å². The number of hydrogen-bond donors (Lipinski definition) is 1. The Morgan fingerprint density at radius 3 is 2.50 bits per heavy atom. The van der Waals surface area contributed by atoms with Gasteiger partial charge in [-0.05, 0) is 20.5 Å². The number of nitriles is 1. The number of nitrogens with zero attached hydrogens (tertiary/aromatic N) is 2. The summed E-state index contributed by atoms with van der Waals surface area (Å²) in [6, 6.07) is 0.472. The SMILES string of the molecule is CCC(CNC#N)N(C)C. The Morgan fingerprint density at radius 1 is 1.60 bits per heavy atom. The minimum Gasteiger partial charge on any atom is -0.322 e. The van der Waals surface area contributed by atoms with Crippen molar-refractivity contribution in [3.63, 3.8) is 0 Å². The van der Waals surface area contributed by atoms with Crippen molar-refractivity contribution in [2.75, 3.05) is 20.6 Å². The first-order valence-corrected chi connectivity index (χ1v) is 3.50. The van der Waals surface area contributed by atoms with Gasteiger partial charge in [0.1, 0.15) is 0 Å². The standard InChI is InChI=1S/C7H15N3/c1-4-7(10(2)3)5-9-6-8/h7,9H,4-5H2,1-3H3. The zero-order valence-corrected chi connectivity index (χ0v) is 6.89. The van der Waals surface area contributed by atoms with Gasteiger partial charge in [-0.2, -0.15) is 5.26 Å². The summed E-state index contributed by atoms with van der Waals surface area (Å²) in [5.41, 5.74) is 0. The Morgan fingerprint density at radius 2 is 2.20 bits per heavy atom. The first-order valence-electron chi connectivity index (χ1n) is 3.50. The smallest absolute Gasteiger partial charge is 0.176 e. The summed E-state index contributed by atoms with van der Waals surface area (Å²) in [7, 11) is 4.04. The van der Waals surface area contributed by atoms with E-state index in [0.717, 1.165) is 13.0 Å². The van der Waals surface area contributed by atoms with Crippen LogP contribution in [0.4, 0.5) is 0 Å². The van der Waals surface area contributed by atoms with Crippen molar-refractivity contribution < 1.29 is 0 Å². The quantitative estimate of drug-likeness (QED) is 0.455. The first-order chi connectivity index (χ1) is 4.72. The maximum Gasteiger partial charge on any atom is 0.176 e. The van der Waals surface area contributed by atoms with Crippen molar-refractivity contribution >= 4 is 0 Å². The van der Waals surface area contributed by atoms with Crippen LogP contribution in [-0.4, -0.2) is 31.6 Å². The van der Waals surface area contributed by atoms with E-state index in [1.165, 1.54) is 0 Å². The van der Waals surface area contributed by atoms with Gasteiger partial charge in [0.05, 0.1) is 0 Å². The summed E-state index contributed by atoms with van der Waals surface area (Å²) in [5, 5.41) is 10.9.